The molecule has 0 fully saturated rings. The molecule has 14 heavy (non-hydrogen) atoms. The molecule has 0 unspecified atom stereocenters. The Bertz CT molecular complexity index is 278. The van der Waals surface area contributed by atoms with Gasteiger partial charge >= 0.3 is 0 Å². The van der Waals surface area contributed by atoms with E-state index in [0.29, 0.717) is 6.04 Å². The van der Waals surface area contributed by atoms with Crippen molar-refractivity contribution < 1.29 is 0 Å². The zero-order valence-electron chi connectivity index (χ0n) is 8.37. The molecule has 0 aliphatic carbocycles. The summed E-state index contributed by atoms with van der Waals surface area (Å²) < 4.78 is 1.13. The second-order valence-corrected chi connectivity index (χ2v) is 5.33. The third-order valence-corrected chi connectivity index (χ3v) is 3.59. The SMILES string of the molecule is CCC[C@H](N)CSc1cccc(Br)c1. The van der Waals surface area contributed by atoms with Crippen LogP contribution in [0.1, 0.15) is 19.8 Å². The Labute approximate surface area is 98.6 Å². The van der Waals surface area contributed by atoms with Crippen molar-refractivity contribution in [3.05, 3.63) is 28.7 Å². The minimum atomic E-state index is 0.323. The van der Waals surface area contributed by atoms with Crippen molar-refractivity contribution in [2.75, 3.05) is 5.75 Å². The first-order valence-corrected chi connectivity index (χ1v) is 6.64. The molecule has 1 nitrogen and oxygen atoms in total. The summed E-state index contributed by atoms with van der Waals surface area (Å²) in [5, 5.41) is 0. The van der Waals surface area contributed by atoms with E-state index in [-0.39, 0.29) is 0 Å². The highest BCUT2D eigenvalue weighted by molar-refractivity contribution is 9.10. The number of halogens is 1. The second-order valence-electron chi connectivity index (χ2n) is 3.32. The van der Waals surface area contributed by atoms with Gasteiger partial charge in [0.15, 0.2) is 0 Å². The highest BCUT2D eigenvalue weighted by atomic mass is 79.9. The quantitative estimate of drug-likeness (QED) is 0.829. The van der Waals surface area contributed by atoms with Crippen LogP contribution in [0, 0.1) is 0 Å². The van der Waals surface area contributed by atoms with E-state index in [0.717, 1.165) is 16.6 Å². The normalized spacial score (nSPS) is 12.8. The third kappa shape index (κ3) is 4.49. The van der Waals surface area contributed by atoms with Crippen LogP contribution in [0.15, 0.2) is 33.6 Å². The van der Waals surface area contributed by atoms with Crippen LogP contribution in [0.5, 0.6) is 0 Å². The zero-order valence-corrected chi connectivity index (χ0v) is 10.8. The number of thioether (sulfide) groups is 1. The first kappa shape index (κ1) is 12.1. The van der Waals surface area contributed by atoms with Crippen LogP contribution in [0.3, 0.4) is 0 Å². The van der Waals surface area contributed by atoms with Gasteiger partial charge in [-0.25, -0.2) is 0 Å². The molecule has 1 atom stereocenters. The number of nitrogens with two attached hydrogens (primary N) is 1. The van der Waals surface area contributed by atoms with Gasteiger partial charge in [-0.2, -0.15) is 0 Å². The monoisotopic (exact) mass is 273 g/mol. The molecule has 3 heteroatoms. The van der Waals surface area contributed by atoms with Crippen molar-refractivity contribution >= 4 is 27.7 Å². The standard InChI is InChI=1S/C11H16BrNS/c1-2-4-10(13)8-14-11-6-3-5-9(12)7-11/h3,5-7,10H,2,4,8,13H2,1H3/t10-/m0/s1. The fraction of sp³-hybridized carbons (Fsp3) is 0.455. The van der Waals surface area contributed by atoms with Gasteiger partial charge in [-0.1, -0.05) is 35.3 Å². The van der Waals surface area contributed by atoms with Crippen molar-refractivity contribution in [2.45, 2.75) is 30.7 Å². The van der Waals surface area contributed by atoms with Crippen molar-refractivity contribution in [1.29, 1.82) is 0 Å². The van der Waals surface area contributed by atoms with E-state index in [1.807, 2.05) is 17.8 Å². The minimum Gasteiger partial charge on any atom is -0.327 e. The van der Waals surface area contributed by atoms with E-state index in [9.17, 15) is 0 Å². The predicted molar refractivity (Wildman–Crippen MR) is 67.7 cm³/mol. The maximum Gasteiger partial charge on any atom is 0.0186 e. The zero-order chi connectivity index (χ0) is 10.4. The number of hydrogen-bond acceptors (Lipinski definition) is 2. The summed E-state index contributed by atoms with van der Waals surface area (Å²) in [5.74, 6) is 1.00. The largest absolute Gasteiger partial charge is 0.327 e. The van der Waals surface area contributed by atoms with Crippen LogP contribution in [0.2, 0.25) is 0 Å². The summed E-state index contributed by atoms with van der Waals surface area (Å²) in [4.78, 5) is 1.28. The molecular formula is C11H16BrNS. The predicted octanol–water partition coefficient (Wildman–Crippen LogP) is 3.67. The first-order valence-electron chi connectivity index (χ1n) is 4.86. The summed E-state index contributed by atoms with van der Waals surface area (Å²) in [6.07, 6.45) is 2.28. The van der Waals surface area contributed by atoms with E-state index in [1.54, 1.807) is 0 Å². The smallest absolute Gasteiger partial charge is 0.0186 e. The molecule has 0 heterocycles. The molecule has 0 aromatic heterocycles. The van der Waals surface area contributed by atoms with Crippen molar-refractivity contribution in [2.24, 2.45) is 5.73 Å². The molecule has 2 N–H and O–H groups in total. The second kappa shape index (κ2) is 6.49. The van der Waals surface area contributed by atoms with Gasteiger partial charge in [-0.3, -0.25) is 0 Å². The lowest BCUT2D eigenvalue weighted by atomic mass is 10.2. The van der Waals surface area contributed by atoms with E-state index >= 15 is 0 Å². The molecular weight excluding hydrogens is 258 g/mol. The molecule has 1 aromatic rings. The highest BCUT2D eigenvalue weighted by Crippen LogP contribution is 2.22. The topological polar surface area (TPSA) is 26.0 Å². The molecule has 0 amide bonds. The summed E-state index contributed by atoms with van der Waals surface area (Å²) in [6, 6.07) is 8.66. The first-order chi connectivity index (χ1) is 6.72. The van der Waals surface area contributed by atoms with Crippen LogP contribution < -0.4 is 5.73 Å². The Kier molecular flexibility index (Phi) is 5.60. The van der Waals surface area contributed by atoms with Gasteiger partial charge in [0.1, 0.15) is 0 Å². The van der Waals surface area contributed by atoms with Crippen molar-refractivity contribution in [1.82, 2.24) is 0 Å². The summed E-state index contributed by atoms with van der Waals surface area (Å²) in [6.45, 7) is 2.17. The van der Waals surface area contributed by atoms with Gasteiger partial charge in [-0.15, -0.1) is 11.8 Å². The molecule has 0 bridgehead atoms. The fourth-order valence-corrected chi connectivity index (χ4v) is 2.72. The van der Waals surface area contributed by atoms with Crippen LogP contribution in [-0.2, 0) is 0 Å². The Morgan fingerprint density at radius 2 is 2.29 bits per heavy atom. The van der Waals surface area contributed by atoms with Gasteiger partial charge in [0, 0.05) is 21.2 Å². The lowest BCUT2D eigenvalue weighted by molar-refractivity contribution is 0.661. The minimum absolute atomic E-state index is 0.323. The average molecular weight is 274 g/mol. The van der Waals surface area contributed by atoms with Gasteiger partial charge < -0.3 is 5.73 Å². The Morgan fingerprint density at radius 3 is 2.93 bits per heavy atom. The summed E-state index contributed by atoms with van der Waals surface area (Å²) in [7, 11) is 0. The number of rotatable bonds is 5. The maximum atomic E-state index is 5.94. The molecule has 0 aliphatic heterocycles. The Hall–Kier alpha value is 0.01000. The van der Waals surface area contributed by atoms with E-state index in [4.69, 9.17) is 5.73 Å². The van der Waals surface area contributed by atoms with E-state index in [2.05, 4.69) is 41.1 Å². The lowest BCUT2D eigenvalue weighted by Gasteiger charge is -2.09. The number of hydrogen-bond donors (Lipinski definition) is 1. The highest BCUT2D eigenvalue weighted by Gasteiger charge is 2.02. The van der Waals surface area contributed by atoms with E-state index < -0.39 is 0 Å². The molecule has 0 aliphatic rings. The molecule has 0 saturated heterocycles. The van der Waals surface area contributed by atoms with Gasteiger partial charge in [0.25, 0.3) is 0 Å². The van der Waals surface area contributed by atoms with Crippen LogP contribution >= 0.6 is 27.7 Å². The maximum absolute atomic E-state index is 5.94. The molecule has 1 rings (SSSR count). The van der Waals surface area contributed by atoms with Crippen LogP contribution in [0.4, 0.5) is 0 Å². The van der Waals surface area contributed by atoms with Gasteiger partial charge in [-0.05, 0) is 24.6 Å². The van der Waals surface area contributed by atoms with Crippen molar-refractivity contribution in [3.63, 3.8) is 0 Å². The molecule has 0 radical (unpaired) electrons. The third-order valence-electron chi connectivity index (χ3n) is 1.92. The molecule has 78 valence electrons. The van der Waals surface area contributed by atoms with E-state index in [1.165, 1.54) is 11.3 Å². The van der Waals surface area contributed by atoms with Crippen molar-refractivity contribution in [3.8, 4) is 0 Å². The fourth-order valence-electron chi connectivity index (χ4n) is 1.21. The summed E-state index contributed by atoms with van der Waals surface area (Å²) >= 11 is 5.28. The molecule has 1 aromatic carbocycles. The lowest BCUT2D eigenvalue weighted by Crippen LogP contribution is -2.22. The molecule has 0 spiro atoms. The average Bonchev–Trinajstić information content (AvgIpc) is 2.15. The number of benzene rings is 1. The van der Waals surface area contributed by atoms with Gasteiger partial charge in [0.05, 0.1) is 0 Å². The van der Waals surface area contributed by atoms with Crippen LogP contribution in [-0.4, -0.2) is 11.8 Å². The van der Waals surface area contributed by atoms with Gasteiger partial charge in [0.2, 0.25) is 0 Å². The Morgan fingerprint density at radius 1 is 1.50 bits per heavy atom. The molecule has 0 saturated carbocycles. The summed E-state index contributed by atoms with van der Waals surface area (Å²) in [5.41, 5.74) is 5.94. The Balaban J connectivity index is 2.37. The van der Waals surface area contributed by atoms with Crippen LogP contribution in [0.25, 0.3) is 0 Å².